The highest BCUT2D eigenvalue weighted by atomic mass is 16.5. The molecule has 0 aliphatic carbocycles. The highest BCUT2D eigenvalue weighted by molar-refractivity contribution is 6.00. The number of pyridine rings is 1. The van der Waals surface area contributed by atoms with Crippen LogP contribution in [0, 0.1) is 11.3 Å². The summed E-state index contributed by atoms with van der Waals surface area (Å²) in [4.78, 5) is 21.6. The number of benzene rings is 2. The van der Waals surface area contributed by atoms with Gasteiger partial charge in [0.05, 0.1) is 17.3 Å². The third kappa shape index (κ3) is 4.56. The van der Waals surface area contributed by atoms with Crippen LogP contribution in [0.2, 0.25) is 0 Å². The van der Waals surface area contributed by atoms with Crippen LogP contribution in [-0.4, -0.2) is 39.9 Å². The second-order valence-corrected chi connectivity index (χ2v) is 8.10. The van der Waals surface area contributed by atoms with Gasteiger partial charge in [0.1, 0.15) is 23.7 Å². The summed E-state index contributed by atoms with van der Waals surface area (Å²) in [6.07, 6.45) is 1.81. The summed E-state index contributed by atoms with van der Waals surface area (Å²) in [6, 6.07) is 16.3. The average molecular weight is 428 g/mol. The number of carbonyl (C=O) groups is 1. The lowest BCUT2D eigenvalue weighted by molar-refractivity contribution is 0.0743. The zero-order valence-corrected chi connectivity index (χ0v) is 18.1. The molecule has 162 valence electrons. The Bertz CT molecular complexity index is 1190. The van der Waals surface area contributed by atoms with E-state index in [1.54, 1.807) is 4.90 Å². The fourth-order valence-corrected chi connectivity index (χ4v) is 3.77. The number of aromatic hydroxyl groups is 1. The van der Waals surface area contributed by atoms with Crippen molar-refractivity contribution >= 4 is 5.91 Å². The molecule has 0 fully saturated rings. The van der Waals surface area contributed by atoms with Gasteiger partial charge < -0.3 is 19.6 Å². The van der Waals surface area contributed by atoms with Crippen molar-refractivity contribution in [2.24, 2.45) is 0 Å². The Morgan fingerprint density at radius 3 is 2.66 bits per heavy atom. The first-order valence-corrected chi connectivity index (χ1v) is 10.3. The van der Waals surface area contributed by atoms with Crippen molar-refractivity contribution in [1.29, 1.82) is 5.26 Å². The van der Waals surface area contributed by atoms with Crippen LogP contribution in [0.3, 0.4) is 0 Å². The largest absolute Gasteiger partial charge is 0.507 e. The number of nitrogens with zero attached hydrogens (tertiary/aromatic N) is 4. The van der Waals surface area contributed by atoms with E-state index >= 15 is 0 Å². The van der Waals surface area contributed by atoms with Crippen molar-refractivity contribution < 1.29 is 14.6 Å². The smallest absolute Gasteiger partial charge is 0.262 e. The fraction of sp³-hybridized carbons (Fsp3) is 0.240. The van der Waals surface area contributed by atoms with Gasteiger partial charge in [-0.05, 0) is 49.0 Å². The molecule has 2 aromatic carbocycles. The Labute approximate surface area is 187 Å². The van der Waals surface area contributed by atoms with E-state index in [9.17, 15) is 15.2 Å². The Hall–Kier alpha value is -3.89. The van der Waals surface area contributed by atoms with E-state index in [1.807, 2.05) is 67.7 Å². The zero-order chi connectivity index (χ0) is 22.7. The minimum absolute atomic E-state index is 0.0641. The molecule has 4 rings (SSSR count). The molecule has 7 heteroatoms. The Kier molecular flexibility index (Phi) is 6.06. The maximum absolute atomic E-state index is 13.4. The van der Waals surface area contributed by atoms with E-state index in [2.05, 4.69) is 4.98 Å². The van der Waals surface area contributed by atoms with Crippen molar-refractivity contribution in [3.63, 3.8) is 0 Å². The maximum atomic E-state index is 13.4. The number of carbonyl (C=O) groups excluding carboxylic acids is 1. The molecule has 3 aromatic rings. The average Bonchev–Trinajstić information content (AvgIpc) is 3.20. The van der Waals surface area contributed by atoms with Crippen molar-refractivity contribution in [3.05, 3.63) is 88.2 Å². The number of phenolic OH excluding ortho intramolecular Hbond substituents is 1. The van der Waals surface area contributed by atoms with Crippen LogP contribution in [0.5, 0.6) is 11.5 Å². The third-order valence-electron chi connectivity index (χ3n) is 5.29. The van der Waals surface area contributed by atoms with Gasteiger partial charge in [0, 0.05) is 25.8 Å². The van der Waals surface area contributed by atoms with Gasteiger partial charge in [-0.2, -0.15) is 5.26 Å². The first-order valence-electron chi connectivity index (χ1n) is 10.3. The fourth-order valence-electron chi connectivity index (χ4n) is 3.77. The van der Waals surface area contributed by atoms with Crippen molar-refractivity contribution in [2.75, 3.05) is 14.1 Å². The van der Waals surface area contributed by atoms with Gasteiger partial charge >= 0.3 is 0 Å². The molecule has 1 amide bonds. The lowest BCUT2D eigenvalue weighted by atomic mass is 10.1. The van der Waals surface area contributed by atoms with Crippen molar-refractivity contribution in [1.82, 2.24) is 14.8 Å². The predicted octanol–water partition coefficient (Wildman–Crippen LogP) is 3.46. The summed E-state index contributed by atoms with van der Waals surface area (Å²) in [7, 11) is 3.96. The molecule has 1 aromatic heterocycles. The summed E-state index contributed by atoms with van der Waals surface area (Å²) in [6.45, 7) is 1.76. The number of nitriles is 1. The topological polar surface area (TPSA) is 89.7 Å². The molecular weight excluding hydrogens is 404 g/mol. The Morgan fingerprint density at radius 1 is 1.19 bits per heavy atom. The number of hydrogen-bond donors (Lipinski definition) is 1. The molecule has 1 aliphatic rings. The monoisotopic (exact) mass is 428 g/mol. The molecule has 1 aliphatic heterocycles. The molecule has 1 N–H and O–H groups in total. The van der Waals surface area contributed by atoms with Crippen LogP contribution < -0.4 is 4.74 Å². The SMILES string of the molecule is CN(C)Cc1cc2c(cn1)CN(C(=O)c1c(O)cc(C#N)cc1OCc1ccccc1)C2. The number of phenols is 1. The quantitative estimate of drug-likeness (QED) is 0.647. The molecule has 0 bridgehead atoms. The molecular formula is C25H24N4O3. The molecule has 0 radical (unpaired) electrons. The van der Waals surface area contributed by atoms with E-state index in [0.29, 0.717) is 13.1 Å². The van der Waals surface area contributed by atoms with Gasteiger partial charge in [-0.1, -0.05) is 30.3 Å². The molecule has 0 unspecified atom stereocenters. The molecule has 0 atom stereocenters. The highest BCUT2D eigenvalue weighted by Gasteiger charge is 2.29. The summed E-state index contributed by atoms with van der Waals surface area (Å²) >= 11 is 0. The van der Waals surface area contributed by atoms with Crippen molar-refractivity contribution in [2.45, 2.75) is 26.2 Å². The second kappa shape index (κ2) is 9.08. The molecule has 0 saturated carbocycles. The molecule has 2 heterocycles. The van der Waals surface area contributed by atoms with Crippen LogP contribution in [0.1, 0.15) is 38.3 Å². The number of rotatable bonds is 6. The Morgan fingerprint density at radius 2 is 1.94 bits per heavy atom. The van der Waals surface area contributed by atoms with Gasteiger partial charge in [0.2, 0.25) is 0 Å². The third-order valence-corrected chi connectivity index (χ3v) is 5.29. The highest BCUT2D eigenvalue weighted by Crippen LogP contribution is 2.34. The number of fused-ring (bicyclic) bond motifs is 1. The Balaban J connectivity index is 1.59. The summed E-state index contributed by atoms with van der Waals surface area (Å²) in [5.41, 5.74) is 4.18. The number of aromatic nitrogens is 1. The van der Waals surface area contributed by atoms with Gasteiger partial charge in [0.15, 0.2) is 0 Å². The first kappa shape index (κ1) is 21.3. The molecule has 32 heavy (non-hydrogen) atoms. The minimum atomic E-state index is -0.347. The molecule has 0 saturated heterocycles. The zero-order valence-electron chi connectivity index (χ0n) is 18.1. The van der Waals surface area contributed by atoms with Gasteiger partial charge in [-0.25, -0.2) is 0 Å². The van der Waals surface area contributed by atoms with E-state index in [4.69, 9.17) is 4.74 Å². The summed E-state index contributed by atoms with van der Waals surface area (Å²) in [5.74, 6) is -0.419. The van der Waals surface area contributed by atoms with Crippen LogP contribution in [-0.2, 0) is 26.2 Å². The first-order chi connectivity index (χ1) is 15.4. The van der Waals surface area contributed by atoms with Crippen LogP contribution in [0.25, 0.3) is 0 Å². The lowest BCUT2D eigenvalue weighted by Crippen LogP contribution is -2.26. The summed E-state index contributed by atoms with van der Waals surface area (Å²) in [5, 5.41) is 19.9. The molecule has 7 nitrogen and oxygen atoms in total. The molecule has 0 spiro atoms. The van der Waals surface area contributed by atoms with Crippen molar-refractivity contribution in [3.8, 4) is 17.6 Å². The number of hydrogen-bond acceptors (Lipinski definition) is 6. The normalized spacial score (nSPS) is 12.5. The minimum Gasteiger partial charge on any atom is -0.507 e. The van der Waals surface area contributed by atoms with E-state index < -0.39 is 0 Å². The van der Waals surface area contributed by atoms with E-state index in [0.717, 1.165) is 28.9 Å². The van der Waals surface area contributed by atoms with Crippen LogP contribution in [0.4, 0.5) is 0 Å². The summed E-state index contributed by atoms with van der Waals surface area (Å²) < 4.78 is 5.89. The van der Waals surface area contributed by atoms with Gasteiger partial charge in [0.25, 0.3) is 5.91 Å². The second-order valence-electron chi connectivity index (χ2n) is 8.10. The van der Waals surface area contributed by atoms with Crippen LogP contribution in [0.15, 0.2) is 54.7 Å². The van der Waals surface area contributed by atoms with E-state index in [1.165, 1.54) is 12.1 Å². The number of ether oxygens (including phenoxy) is 1. The predicted molar refractivity (Wildman–Crippen MR) is 119 cm³/mol. The number of amides is 1. The van der Waals surface area contributed by atoms with Gasteiger partial charge in [-0.3, -0.25) is 9.78 Å². The standard InChI is InChI=1S/C25H24N4O3/c1-28(2)15-21-10-19-13-29(14-20(19)12-27-21)25(31)24-22(30)8-18(11-26)9-23(24)32-16-17-6-4-3-5-7-17/h3-10,12,30H,13-16H2,1-2H3. The van der Waals surface area contributed by atoms with Crippen LogP contribution >= 0.6 is 0 Å². The maximum Gasteiger partial charge on any atom is 0.262 e. The lowest BCUT2D eigenvalue weighted by Gasteiger charge is -2.19. The van der Waals surface area contributed by atoms with Gasteiger partial charge in [-0.15, -0.1) is 0 Å². The van der Waals surface area contributed by atoms with E-state index in [-0.39, 0.29) is 35.1 Å².